The maximum atomic E-state index is 11.0. The molecule has 0 bridgehead atoms. The molecule has 1 aliphatic rings. The van der Waals surface area contributed by atoms with Crippen LogP contribution in [0.25, 0.3) is 0 Å². The van der Waals surface area contributed by atoms with E-state index in [1.807, 2.05) is 18.5 Å². The van der Waals surface area contributed by atoms with Crippen LogP contribution in [-0.2, 0) is 11.8 Å². The van der Waals surface area contributed by atoms with Gasteiger partial charge >= 0.3 is 0 Å². The van der Waals surface area contributed by atoms with Crippen molar-refractivity contribution in [3.8, 4) is 0 Å². The maximum absolute atomic E-state index is 11.0. The highest BCUT2D eigenvalue weighted by Crippen LogP contribution is 2.28. The number of nitrogens with zero attached hydrogens (tertiary/aromatic N) is 2. The van der Waals surface area contributed by atoms with E-state index in [9.17, 15) is 4.79 Å². The molecule has 4 heteroatoms. The van der Waals surface area contributed by atoms with E-state index >= 15 is 0 Å². The van der Waals surface area contributed by atoms with Crippen LogP contribution < -0.4 is 0 Å². The first-order valence-electron chi connectivity index (χ1n) is 5.30. The molecule has 15 heavy (non-hydrogen) atoms. The van der Waals surface area contributed by atoms with Crippen LogP contribution >= 0.6 is 0 Å². The van der Waals surface area contributed by atoms with Crippen LogP contribution in [0.2, 0.25) is 0 Å². The SMILES string of the molecule is Cc1nc(C2CCOCC2)c(C=O)n1C. The standard InChI is InChI=1S/C11H16N2O2/c1-8-12-11(10(7-14)13(8)2)9-3-5-15-6-4-9/h7,9H,3-6H2,1-2H3. The molecular weight excluding hydrogens is 192 g/mol. The summed E-state index contributed by atoms with van der Waals surface area (Å²) in [5.74, 6) is 1.29. The zero-order valence-corrected chi connectivity index (χ0v) is 9.19. The van der Waals surface area contributed by atoms with E-state index < -0.39 is 0 Å². The van der Waals surface area contributed by atoms with Gasteiger partial charge in [-0.1, -0.05) is 0 Å². The van der Waals surface area contributed by atoms with Crippen LogP contribution in [0.5, 0.6) is 0 Å². The summed E-state index contributed by atoms with van der Waals surface area (Å²) in [5.41, 5.74) is 1.67. The Bertz CT molecular complexity index is 365. The van der Waals surface area contributed by atoms with Gasteiger partial charge in [-0.3, -0.25) is 4.79 Å². The van der Waals surface area contributed by atoms with Crippen LogP contribution in [0.3, 0.4) is 0 Å². The summed E-state index contributed by atoms with van der Waals surface area (Å²) in [5, 5.41) is 0. The maximum Gasteiger partial charge on any atom is 0.168 e. The minimum atomic E-state index is 0.388. The molecule has 82 valence electrons. The van der Waals surface area contributed by atoms with Crippen LogP contribution in [0, 0.1) is 6.92 Å². The molecule has 1 fully saturated rings. The van der Waals surface area contributed by atoms with Crippen molar-refractivity contribution in [2.75, 3.05) is 13.2 Å². The number of carbonyl (C=O) groups excluding carboxylic acids is 1. The lowest BCUT2D eigenvalue weighted by atomic mass is 9.95. The highest BCUT2D eigenvalue weighted by atomic mass is 16.5. The van der Waals surface area contributed by atoms with Gasteiger partial charge in [-0.15, -0.1) is 0 Å². The Labute approximate surface area is 89.3 Å². The minimum Gasteiger partial charge on any atom is -0.381 e. The van der Waals surface area contributed by atoms with Crippen molar-refractivity contribution in [1.29, 1.82) is 0 Å². The van der Waals surface area contributed by atoms with E-state index in [4.69, 9.17) is 4.74 Å². The molecule has 1 aromatic rings. The van der Waals surface area contributed by atoms with E-state index in [1.54, 1.807) is 0 Å². The molecule has 0 atom stereocenters. The summed E-state index contributed by atoms with van der Waals surface area (Å²) >= 11 is 0. The molecule has 0 unspecified atom stereocenters. The van der Waals surface area contributed by atoms with Gasteiger partial charge in [-0.2, -0.15) is 0 Å². The van der Waals surface area contributed by atoms with Gasteiger partial charge in [0.15, 0.2) is 6.29 Å². The fourth-order valence-electron chi connectivity index (χ4n) is 2.06. The zero-order chi connectivity index (χ0) is 10.8. The molecule has 2 rings (SSSR count). The van der Waals surface area contributed by atoms with Gasteiger partial charge < -0.3 is 9.30 Å². The van der Waals surface area contributed by atoms with Crippen LogP contribution in [-0.4, -0.2) is 29.1 Å². The average Bonchev–Trinajstić information content (AvgIpc) is 2.56. The van der Waals surface area contributed by atoms with Gasteiger partial charge in [0, 0.05) is 26.2 Å². The molecule has 0 aliphatic carbocycles. The smallest absolute Gasteiger partial charge is 0.168 e. The van der Waals surface area contributed by atoms with Gasteiger partial charge in [0.2, 0.25) is 0 Å². The molecule has 1 saturated heterocycles. The lowest BCUT2D eigenvalue weighted by molar-refractivity contribution is 0.0841. The molecule has 0 saturated carbocycles. The second kappa shape index (κ2) is 4.14. The van der Waals surface area contributed by atoms with Crippen LogP contribution in [0.4, 0.5) is 0 Å². The lowest BCUT2D eigenvalue weighted by Gasteiger charge is -2.20. The molecular formula is C11H16N2O2. The number of hydrogen-bond acceptors (Lipinski definition) is 3. The van der Waals surface area contributed by atoms with E-state index in [0.717, 1.165) is 49.6 Å². The highest BCUT2D eigenvalue weighted by molar-refractivity contribution is 5.74. The van der Waals surface area contributed by atoms with Gasteiger partial charge in [-0.25, -0.2) is 4.98 Å². The normalized spacial score (nSPS) is 18.0. The number of hydrogen-bond donors (Lipinski definition) is 0. The number of rotatable bonds is 2. The van der Waals surface area contributed by atoms with Crippen molar-refractivity contribution in [2.45, 2.75) is 25.7 Å². The Morgan fingerprint density at radius 1 is 1.47 bits per heavy atom. The molecule has 1 aliphatic heterocycles. The summed E-state index contributed by atoms with van der Waals surface area (Å²) in [4.78, 5) is 15.5. The van der Waals surface area contributed by atoms with Gasteiger partial charge in [0.1, 0.15) is 11.5 Å². The monoisotopic (exact) mass is 208 g/mol. The Kier molecular flexibility index (Phi) is 2.86. The van der Waals surface area contributed by atoms with Crippen molar-refractivity contribution in [3.05, 3.63) is 17.2 Å². The predicted molar refractivity (Wildman–Crippen MR) is 56.1 cm³/mol. The zero-order valence-electron chi connectivity index (χ0n) is 9.19. The van der Waals surface area contributed by atoms with E-state index in [1.165, 1.54) is 0 Å². The summed E-state index contributed by atoms with van der Waals surface area (Å²) < 4.78 is 7.17. The number of aryl methyl sites for hydroxylation is 1. The molecule has 1 aromatic heterocycles. The van der Waals surface area contributed by atoms with Crippen molar-refractivity contribution < 1.29 is 9.53 Å². The van der Waals surface area contributed by atoms with Crippen LogP contribution in [0.1, 0.15) is 40.8 Å². The largest absolute Gasteiger partial charge is 0.381 e. The van der Waals surface area contributed by atoms with Crippen LogP contribution in [0.15, 0.2) is 0 Å². The summed E-state index contributed by atoms with van der Waals surface area (Å²) in [6, 6.07) is 0. The number of ether oxygens (including phenoxy) is 1. The number of aromatic nitrogens is 2. The van der Waals surface area contributed by atoms with Crippen molar-refractivity contribution in [2.24, 2.45) is 7.05 Å². The molecule has 0 spiro atoms. The fourth-order valence-corrected chi connectivity index (χ4v) is 2.06. The lowest BCUT2D eigenvalue weighted by Crippen LogP contribution is -2.16. The molecule has 0 N–H and O–H groups in total. The first-order chi connectivity index (χ1) is 7.24. The third kappa shape index (κ3) is 1.81. The molecule has 0 aromatic carbocycles. The average molecular weight is 208 g/mol. The Morgan fingerprint density at radius 2 is 2.13 bits per heavy atom. The number of imidazole rings is 1. The third-order valence-electron chi connectivity index (χ3n) is 3.11. The van der Waals surface area contributed by atoms with Crippen molar-refractivity contribution >= 4 is 6.29 Å². The summed E-state index contributed by atoms with van der Waals surface area (Å²) in [6.45, 7) is 3.48. The molecule has 4 nitrogen and oxygen atoms in total. The predicted octanol–water partition coefficient (Wildman–Crippen LogP) is 1.44. The second-order valence-electron chi connectivity index (χ2n) is 3.99. The Hall–Kier alpha value is -1.16. The summed E-state index contributed by atoms with van der Waals surface area (Å²) in [6.07, 6.45) is 2.85. The second-order valence-corrected chi connectivity index (χ2v) is 3.99. The quantitative estimate of drug-likeness (QED) is 0.691. The van der Waals surface area contributed by atoms with Gasteiger partial charge in [0.05, 0.1) is 5.69 Å². The molecule has 2 heterocycles. The van der Waals surface area contributed by atoms with Gasteiger partial charge in [-0.05, 0) is 19.8 Å². The third-order valence-corrected chi connectivity index (χ3v) is 3.11. The number of aldehydes is 1. The number of carbonyl (C=O) groups is 1. The fraction of sp³-hybridized carbons (Fsp3) is 0.636. The van der Waals surface area contributed by atoms with E-state index in [0.29, 0.717) is 5.92 Å². The minimum absolute atomic E-state index is 0.388. The topological polar surface area (TPSA) is 44.1 Å². The molecule has 0 radical (unpaired) electrons. The first-order valence-corrected chi connectivity index (χ1v) is 5.30. The van der Waals surface area contributed by atoms with Crippen molar-refractivity contribution in [3.63, 3.8) is 0 Å². The summed E-state index contributed by atoms with van der Waals surface area (Å²) in [7, 11) is 1.88. The van der Waals surface area contributed by atoms with E-state index in [2.05, 4.69) is 4.98 Å². The van der Waals surface area contributed by atoms with Crippen molar-refractivity contribution in [1.82, 2.24) is 9.55 Å². The first kappa shape index (κ1) is 10.4. The van der Waals surface area contributed by atoms with E-state index in [-0.39, 0.29) is 0 Å². The van der Waals surface area contributed by atoms with Gasteiger partial charge in [0.25, 0.3) is 0 Å². The molecule has 0 amide bonds. The highest BCUT2D eigenvalue weighted by Gasteiger charge is 2.23. The Balaban J connectivity index is 2.33. The Morgan fingerprint density at radius 3 is 2.73 bits per heavy atom.